The Balaban J connectivity index is 3.27. The first-order valence-electron chi connectivity index (χ1n) is 6.51. The summed E-state index contributed by atoms with van der Waals surface area (Å²) in [6.45, 7) is 5.88. The lowest BCUT2D eigenvalue weighted by atomic mass is 10.0. The van der Waals surface area contributed by atoms with E-state index in [2.05, 4.69) is 6.92 Å². The van der Waals surface area contributed by atoms with Crippen LogP contribution in [-0.2, 0) is 9.84 Å². The van der Waals surface area contributed by atoms with Crippen molar-refractivity contribution in [2.45, 2.75) is 51.0 Å². The van der Waals surface area contributed by atoms with Crippen LogP contribution in [0, 0.1) is 6.92 Å². The van der Waals surface area contributed by atoms with E-state index in [1.54, 1.807) is 6.07 Å². The first-order chi connectivity index (χ1) is 8.42. The minimum Gasteiger partial charge on any atom is -0.324 e. The second-order valence-electron chi connectivity index (χ2n) is 4.76. The van der Waals surface area contributed by atoms with E-state index in [0.29, 0.717) is 11.3 Å². The van der Waals surface area contributed by atoms with Crippen molar-refractivity contribution in [2.24, 2.45) is 5.73 Å². The summed E-state index contributed by atoms with van der Waals surface area (Å²) < 4.78 is 24.4. The van der Waals surface area contributed by atoms with Crippen LogP contribution in [0.15, 0.2) is 23.1 Å². The third-order valence-corrected chi connectivity index (χ3v) is 4.96. The fourth-order valence-corrected chi connectivity index (χ4v) is 3.69. The predicted molar refractivity (Wildman–Crippen MR) is 75.4 cm³/mol. The monoisotopic (exact) mass is 269 g/mol. The van der Waals surface area contributed by atoms with Crippen molar-refractivity contribution in [3.05, 3.63) is 29.3 Å². The SMILES string of the molecule is CCCC(N)c1cc(C)ccc1S(=O)(=O)CCC. The average molecular weight is 269 g/mol. The largest absolute Gasteiger partial charge is 0.324 e. The maximum atomic E-state index is 12.2. The molecule has 3 nitrogen and oxygen atoms in total. The molecule has 0 heterocycles. The highest BCUT2D eigenvalue weighted by Crippen LogP contribution is 2.26. The van der Waals surface area contributed by atoms with Crippen molar-refractivity contribution in [3.8, 4) is 0 Å². The van der Waals surface area contributed by atoms with Crippen molar-refractivity contribution in [2.75, 3.05) is 5.75 Å². The molecule has 102 valence electrons. The van der Waals surface area contributed by atoms with Crippen LogP contribution in [0.5, 0.6) is 0 Å². The van der Waals surface area contributed by atoms with Crippen LogP contribution in [0.2, 0.25) is 0 Å². The van der Waals surface area contributed by atoms with Crippen LogP contribution in [-0.4, -0.2) is 14.2 Å². The summed E-state index contributed by atoms with van der Waals surface area (Å²) in [6, 6.07) is 5.25. The first-order valence-corrected chi connectivity index (χ1v) is 8.16. The topological polar surface area (TPSA) is 60.2 Å². The zero-order valence-electron chi connectivity index (χ0n) is 11.4. The maximum absolute atomic E-state index is 12.2. The molecule has 1 atom stereocenters. The number of nitrogens with two attached hydrogens (primary N) is 1. The standard InChI is InChI=1S/C14H23NO2S/c1-4-6-13(15)12-10-11(3)7-8-14(12)18(16,17)9-5-2/h7-8,10,13H,4-6,9,15H2,1-3H3. The summed E-state index contributed by atoms with van der Waals surface area (Å²) in [5.74, 6) is 0.182. The van der Waals surface area contributed by atoms with Gasteiger partial charge in [0.25, 0.3) is 0 Å². The molecule has 0 radical (unpaired) electrons. The number of hydrogen-bond acceptors (Lipinski definition) is 3. The van der Waals surface area contributed by atoms with Crippen LogP contribution in [0.1, 0.15) is 50.3 Å². The van der Waals surface area contributed by atoms with Gasteiger partial charge >= 0.3 is 0 Å². The Morgan fingerprint density at radius 3 is 2.44 bits per heavy atom. The Kier molecular flexibility index (Phi) is 5.35. The fourth-order valence-electron chi connectivity index (χ4n) is 2.09. The molecule has 0 bridgehead atoms. The first kappa shape index (κ1) is 15.2. The quantitative estimate of drug-likeness (QED) is 0.863. The molecule has 0 saturated heterocycles. The highest BCUT2D eigenvalue weighted by atomic mass is 32.2. The van der Waals surface area contributed by atoms with E-state index in [4.69, 9.17) is 5.73 Å². The molecule has 18 heavy (non-hydrogen) atoms. The smallest absolute Gasteiger partial charge is 0.178 e. The molecule has 0 aliphatic heterocycles. The molecule has 1 rings (SSSR count). The number of benzene rings is 1. The van der Waals surface area contributed by atoms with E-state index < -0.39 is 9.84 Å². The number of sulfone groups is 1. The third-order valence-electron chi connectivity index (χ3n) is 2.97. The second-order valence-corrected chi connectivity index (χ2v) is 6.83. The van der Waals surface area contributed by atoms with Gasteiger partial charge < -0.3 is 5.73 Å². The molecule has 0 amide bonds. The van der Waals surface area contributed by atoms with Crippen molar-refractivity contribution in [1.82, 2.24) is 0 Å². The zero-order valence-corrected chi connectivity index (χ0v) is 12.3. The van der Waals surface area contributed by atoms with Gasteiger partial charge in [-0.1, -0.05) is 38.0 Å². The Morgan fingerprint density at radius 1 is 1.22 bits per heavy atom. The van der Waals surface area contributed by atoms with Gasteiger partial charge in [0.15, 0.2) is 9.84 Å². The van der Waals surface area contributed by atoms with E-state index >= 15 is 0 Å². The molecule has 0 spiro atoms. The van der Waals surface area contributed by atoms with Gasteiger partial charge in [0.05, 0.1) is 10.6 Å². The van der Waals surface area contributed by atoms with Gasteiger partial charge in [0.1, 0.15) is 0 Å². The van der Waals surface area contributed by atoms with Crippen LogP contribution in [0.3, 0.4) is 0 Å². The van der Waals surface area contributed by atoms with E-state index in [9.17, 15) is 8.42 Å². The van der Waals surface area contributed by atoms with Crippen LogP contribution >= 0.6 is 0 Å². The molecule has 0 aromatic heterocycles. The van der Waals surface area contributed by atoms with E-state index in [0.717, 1.165) is 24.0 Å². The van der Waals surface area contributed by atoms with Crippen LogP contribution < -0.4 is 5.73 Å². The predicted octanol–water partition coefficient (Wildman–Crippen LogP) is 2.98. The van der Waals surface area contributed by atoms with Gasteiger partial charge in [-0.05, 0) is 31.4 Å². The maximum Gasteiger partial charge on any atom is 0.178 e. The van der Waals surface area contributed by atoms with Crippen molar-refractivity contribution in [3.63, 3.8) is 0 Å². The highest BCUT2D eigenvalue weighted by molar-refractivity contribution is 7.91. The van der Waals surface area contributed by atoms with Gasteiger partial charge in [-0.3, -0.25) is 0 Å². The highest BCUT2D eigenvalue weighted by Gasteiger charge is 2.20. The molecule has 0 saturated carbocycles. The summed E-state index contributed by atoms with van der Waals surface area (Å²) in [5, 5.41) is 0. The lowest BCUT2D eigenvalue weighted by Crippen LogP contribution is -2.16. The van der Waals surface area contributed by atoms with Gasteiger partial charge in [-0.25, -0.2) is 8.42 Å². The van der Waals surface area contributed by atoms with E-state index in [1.807, 2.05) is 26.0 Å². The summed E-state index contributed by atoms with van der Waals surface area (Å²) >= 11 is 0. The molecule has 0 aliphatic rings. The zero-order chi connectivity index (χ0) is 13.8. The van der Waals surface area contributed by atoms with Gasteiger partial charge in [-0.2, -0.15) is 0 Å². The molecule has 1 aromatic rings. The van der Waals surface area contributed by atoms with Crippen molar-refractivity contribution < 1.29 is 8.42 Å². The Labute approximate surface area is 110 Å². The summed E-state index contributed by atoms with van der Waals surface area (Å²) in [7, 11) is -3.20. The third kappa shape index (κ3) is 3.56. The minimum atomic E-state index is -3.20. The summed E-state index contributed by atoms with van der Waals surface area (Å²) in [6.07, 6.45) is 2.37. The van der Waals surface area contributed by atoms with E-state index in [-0.39, 0.29) is 11.8 Å². The van der Waals surface area contributed by atoms with E-state index in [1.165, 1.54) is 0 Å². The Hall–Kier alpha value is -0.870. The van der Waals surface area contributed by atoms with Crippen LogP contribution in [0.4, 0.5) is 0 Å². The fraction of sp³-hybridized carbons (Fsp3) is 0.571. The van der Waals surface area contributed by atoms with Gasteiger partial charge in [0, 0.05) is 6.04 Å². The normalized spacial score (nSPS) is 13.6. The molecule has 4 heteroatoms. The Morgan fingerprint density at radius 2 is 1.89 bits per heavy atom. The summed E-state index contributed by atoms with van der Waals surface area (Å²) in [4.78, 5) is 0.413. The van der Waals surface area contributed by atoms with Gasteiger partial charge in [-0.15, -0.1) is 0 Å². The molecule has 1 aromatic carbocycles. The average Bonchev–Trinajstić information content (AvgIpc) is 2.28. The number of aryl methyl sites for hydroxylation is 1. The lowest BCUT2D eigenvalue weighted by molar-refractivity contribution is 0.585. The molecule has 0 fully saturated rings. The number of hydrogen-bond donors (Lipinski definition) is 1. The van der Waals surface area contributed by atoms with Gasteiger partial charge in [0.2, 0.25) is 0 Å². The molecule has 1 unspecified atom stereocenters. The van der Waals surface area contributed by atoms with Crippen molar-refractivity contribution >= 4 is 9.84 Å². The molecular weight excluding hydrogens is 246 g/mol. The lowest BCUT2D eigenvalue weighted by Gasteiger charge is -2.16. The summed E-state index contributed by atoms with van der Waals surface area (Å²) in [5.41, 5.74) is 7.92. The molecule has 0 aliphatic carbocycles. The molecular formula is C14H23NO2S. The molecule has 2 N–H and O–H groups in total. The minimum absolute atomic E-state index is 0.182. The second kappa shape index (κ2) is 6.34. The van der Waals surface area contributed by atoms with Crippen molar-refractivity contribution in [1.29, 1.82) is 0 Å². The Bertz CT molecular complexity index is 495. The number of rotatable bonds is 6. The van der Waals surface area contributed by atoms with Crippen LogP contribution in [0.25, 0.3) is 0 Å².